The number of benzene rings is 1. The van der Waals surface area contributed by atoms with Crippen molar-refractivity contribution in [2.75, 3.05) is 19.0 Å². The third-order valence-corrected chi connectivity index (χ3v) is 4.81. The first-order chi connectivity index (χ1) is 13.3. The van der Waals surface area contributed by atoms with Gasteiger partial charge in [-0.05, 0) is 18.2 Å². The molecule has 0 saturated carbocycles. The summed E-state index contributed by atoms with van der Waals surface area (Å²) in [5.74, 6) is 1.36. The van der Waals surface area contributed by atoms with Gasteiger partial charge in [0.1, 0.15) is 11.4 Å². The van der Waals surface area contributed by atoms with Crippen LogP contribution in [0.25, 0.3) is 16.9 Å². The van der Waals surface area contributed by atoms with Gasteiger partial charge >= 0.3 is 0 Å². The summed E-state index contributed by atoms with van der Waals surface area (Å²) < 4.78 is 7.19. The van der Waals surface area contributed by atoms with Crippen LogP contribution in [0.5, 0.6) is 5.75 Å². The Labute approximate surface area is 160 Å². The van der Waals surface area contributed by atoms with E-state index < -0.39 is 0 Å². The van der Waals surface area contributed by atoms with Crippen LogP contribution < -0.4 is 10.1 Å². The summed E-state index contributed by atoms with van der Waals surface area (Å²) >= 11 is 1.65. The summed E-state index contributed by atoms with van der Waals surface area (Å²) in [7, 11) is 1.65. The summed E-state index contributed by atoms with van der Waals surface area (Å²) in [5.41, 5.74) is 2.59. The molecule has 136 valence electrons. The van der Waals surface area contributed by atoms with Crippen LogP contribution in [-0.4, -0.2) is 38.4 Å². The van der Waals surface area contributed by atoms with Crippen LogP contribution in [0.2, 0.25) is 0 Å². The van der Waals surface area contributed by atoms with Crippen molar-refractivity contribution in [3.8, 4) is 22.7 Å². The zero-order chi connectivity index (χ0) is 18.5. The van der Waals surface area contributed by atoms with Crippen LogP contribution in [0.4, 0.5) is 5.95 Å². The lowest BCUT2D eigenvalue weighted by Gasteiger charge is -2.07. The molecule has 0 fully saturated rings. The molecule has 0 aliphatic carbocycles. The van der Waals surface area contributed by atoms with Crippen LogP contribution in [0.1, 0.15) is 5.01 Å². The van der Waals surface area contributed by atoms with Crippen LogP contribution in [0.15, 0.2) is 60.5 Å². The first-order valence-corrected chi connectivity index (χ1v) is 9.35. The van der Waals surface area contributed by atoms with Crippen LogP contribution in [-0.2, 0) is 6.42 Å². The molecule has 1 N–H and O–H groups in total. The summed E-state index contributed by atoms with van der Waals surface area (Å²) in [5, 5.41) is 10.8. The number of para-hydroxylation sites is 2. The van der Waals surface area contributed by atoms with Crippen molar-refractivity contribution < 1.29 is 4.74 Å². The highest BCUT2D eigenvalue weighted by Gasteiger charge is 2.09. The molecule has 1 aromatic carbocycles. The second-order valence-corrected chi connectivity index (χ2v) is 6.69. The maximum Gasteiger partial charge on any atom is 0.223 e. The van der Waals surface area contributed by atoms with Crippen molar-refractivity contribution in [1.29, 1.82) is 0 Å². The van der Waals surface area contributed by atoms with E-state index in [0.717, 1.165) is 40.7 Å². The number of hydrogen-bond acceptors (Lipinski definition) is 7. The van der Waals surface area contributed by atoms with Crippen molar-refractivity contribution in [3.63, 3.8) is 0 Å². The standard InChI is InChI=1S/C19H18N6OS/c1-26-17-5-3-2-4-16(17)25-13-14(12-23-25)15-6-8-21-19(24-15)22-9-7-18-20-10-11-27-18/h2-6,8,10-13H,7,9H2,1H3,(H,21,22,24). The lowest BCUT2D eigenvalue weighted by molar-refractivity contribution is 0.411. The molecule has 3 heterocycles. The summed E-state index contributed by atoms with van der Waals surface area (Å²) in [6.45, 7) is 0.734. The van der Waals surface area contributed by atoms with Gasteiger partial charge in [0.2, 0.25) is 5.95 Å². The second kappa shape index (κ2) is 7.96. The third kappa shape index (κ3) is 3.95. The van der Waals surface area contributed by atoms with E-state index in [0.29, 0.717) is 5.95 Å². The minimum absolute atomic E-state index is 0.592. The molecule has 0 radical (unpaired) electrons. The Morgan fingerprint density at radius 1 is 1.15 bits per heavy atom. The molecule has 0 saturated heterocycles. The van der Waals surface area contributed by atoms with E-state index in [4.69, 9.17) is 4.74 Å². The third-order valence-electron chi connectivity index (χ3n) is 3.97. The van der Waals surface area contributed by atoms with Crippen LogP contribution in [0.3, 0.4) is 0 Å². The van der Waals surface area contributed by atoms with Gasteiger partial charge in [0.05, 0.1) is 24.0 Å². The molecule has 0 atom stereocenters. The zero-order valence-corrected chi connectivity index (χ0v) is 15.6. The number of ether oxygens (including phenoxy) is 1. The fourth-order valence-corrected chi connectivity index (χ4v) is 3.29. The van der Waals surface area contributed by atoms with E-state index in [9.17, 15) is 0 Å². The fourth-order valence-electron chi connectivity index (χ4n) is 2.67. The van der Waals surface area contributed by atoms with E-state index in [1.165, 1.54) is 0 Å². The molecule has 4 aromatic rings. The molecule has 0 aliphatic heterocycles. The van der Waals surface area contributed by atoms with Gasteiger partial charge in [0, 0.05) is 42.5 Å². The van der Waals surface area contributed by atoms with Crippen molar-refractivity contribution in [1.82, 2.24) is 24.7 Å². The molecule has 3 aromatic heterocycles. The minimum atomic E-state index is 0.592. The highest BCUT2D eigenvalue weighted by atomic mass is 32.1. The molecule has 7 nitrogen and oxygen atoms in total. The van der Waals surface area contributed by atoms with Crippen LogP contribution >= 0.6 is 11.3 Å². The predicted molar refractivity (Wildman–Crippen MR) is 105 cm³/mol. The predicted octanol–water partition coefficient (Wildman–Crippen LogP) is 3.45. The first-order valence-electron chi connectivity index (χ1n) is 8.47. The minimum Gasteiger partial charge on any atom is -0.494 e. The largest absolute Gasteiger partial charge is 0.494 e. The van der Waals surface area contributed by atoms with Gasteiger partial charge in [-0.15, -0.1) is 11.3 Å². The summed E-state index contributed by atoms with van der Waals surface area (Å²) in [4.78, 5) is 13.2. The molecule has 0 spiro atoms. The Balaban J connectivity index is 1.50. The number of anilines is 1. The SMILES string of the molecule is COc1ccccc1-n1cc(-c2ccnc(NCCc3nccs3)n2)cn1. The van der Waals surface area contributed by atoms with Crippen molar-refractivity contribution in [2.24, 2.45) is 0 Å². The maximum atomic E-state index is 5.41. The van der Waals surface area contributed by atoms with Gasteiger partial charge in [0.15, 0.2) is 0 Å². The second-order valence-electron chi connectivity index (χ2n) is 5.71. The van der Waals surface area contributed by atoms with Gasteiger partial charge in [-0.25, -0.2) is 19.6 Å². The lowest BCUT2D eigenvalue weighted by atomic mass is 10.2. The number of rotatable bonds is 7. The fraction of sp³-hybridized carbons (Fsp3) is 0.158. The Kier molecular flexibility index (Phi) is 5.06. The lowest BCUT2D eigenvalue weighted by Crippen LogP contribution is -2.07. The van der Waals surface area contributed by atoms with E-state index in [1.54, 1.807) is 35.5 Å². The quantitative estimate of drug-likeness (QED) is 0.531. The van der Waals surface area contributed by atoms with E-state index in [-0.39, 0.29) is 0 Å². The van der Waals surface area contributed by atoms with E-state index >= 15 is 0 Å². The average molecular weight is 378 g/mol. The Morgan fingerprint density at radius 2 is 2.07 bits per heavy atom. The normalized spacial score (nSPS) is 10.7. The molecular formula is C19H18N6OS. The van der Waals surface area contributed by atoms with Crippen molar-refractivity contribution in [3.05, 3.63) is 65.5 Å². The summed E-state index contributed by atoms with van der Waals surface area (Å²) in [6.07, 6.45) is 8.12. The smallest absolute Gasteiger partial charge is 0.223 e. The number of thiazole rings is 1. The van der Waals surface area contributed by atoms with Gasteiger partial charge < -0.3 is 10.1 Å². The number of nitrogens with one attached hydrogen (secondary N) is 1. The van der Waals surface area contributed by atoms with Crippen LogP contribution in [0, 0.1) is 0 Å². The Hall–Kier alpha value is -3.26. The van der Waals surface area contributed by atoms with Crippen molar-refractivity contribution >= 4 is 17.3 Å². The Bertz CT molecular complexity index is 1010. The molecule has 0 amide bonds. The highest BCUT2D eigenvalue weighted by molar-refractivity contribution is 7.09. The molecule has 0 bridgehead atoms. The Morgan fingerprint density at radius 3 is 2.93 bits per heavy atom. The number of methoxy groups -OCH3 is 1. The van der Waals surface area contributed by atoms with E-state index in [2.05, 4.69) is 25.4 Å². The van der Waals surface area contributed by atoms with Crippen molar-refractivity contribution in [2.45, 2.75) is 6.42 Å². The molecule has 0 aliphatic rings. The number of nitrogens with zero attached hydrogens (tertiary/aromatic N) is 5. The maximum absolute atomic E-state index is 5.41. The molecule has 27 heavy (non-hydrogen) atoms. The number of aromatic nitrogens is 5. The zero-order valence-electron chi connectivity index (χ0n) is 14.7. The average Bonchev–Trinajstić information content (AvgIpc) is 3.40. The first kappa shape index (κ1) is 17.2. The van der Waals surface area contributed by atoms with E-state index in [1.807, 2.05) is 48.1 Å². The monoisotopic (exact) mass is 378 g/mol. The van der Waals surface area contributed by atoms with Gasteiger partial charge in [-0.1, -0.05) is 12.1 Å². The van der Waals surface area contributed by atoms with Gasteiger partial charge in [-0.3, -0.25) is 0 Å². The number of hydrogen-bond donors (Lipinski definition) is 1. The summed E-state index contributed by atoms with van der Waals surface area (Å²) in [6, 6.07) is 9.62. The van der Waals surface area contributed by atoms with Gasteiger partial charge in [0.25, 0.3) is 0 Å². The van der Waals surface area contributed by atoms with Gasteiger partial charge in [-0.2, -0.15) is 5.10 Å². The molecule has 8 heteroatoms. The highest BCUT2D eigenvalue weighted by Crippen LogP contribution is 2.24. The topological polar surface area (TPSA) is 77.8 Å². The molecule has 4 rings (SSSR count). The molecule has 0 unspecified atom stereocenters. The molecular weight excluding hydrogens is 360 g/mol.